The molecule has 0 aliphatic heterocycles. The second-order valence-corrected chi connectivity index (χ2v) is 6.11. The van der Waals surface area contributed by atoms with Crippen molar-refractivity contribution in [2.24, 2.45) is 0 Å². The molecule has 2 rings (SSSR count). The van der Waals surface area contributed by atoms with E-state index in [0.717, 1.165) is 18.5 Å². The van der Waals surface area contributed by atoms with Crippen molar-refractivity contribution in [3.8, 4) is 0 Å². The van der Waals surface area contributed by atoms with Crippen LogP contribution in [0.2, 0.25) is 0 Å². The lowest BCUT2D eigenvalue weighted by Gasteiger charge is -2.37. The number of benzene rings is 1. The van der Waals surface area contributed by atoms with Gasteiger partial charge in [0.25, 0.3) is 0 Å². The van der Waals surface area contributed by atoms with Gasteiger partial charge in [-0.05, 0) is 56.3 Å². The molecular weight excluding hydrogens is 244 g/mol. The first-order chi connectivity index (χ1) is 9.74. The van der Waals surface area contributed by atoms with E-state index in [9.17, 15) is 0 Å². The first-order valence-corrected chi connectivity index (χ1v) is 8.25. The van der Waals surface area contributed by atoms with Gasteiger partial charge in [-0.2, -0.15) is 0 Å². The van der Waals surface area contributed by atoms with Crippen LogP contribution in [0.5, 0.6) is 0 Å². The van der Waals surface area contributed by atoms with Gasteiger partial charge in [0.15, 0.2) is 0 Å². The SMILES string of the molecule is CCCN(CC)CCNC1CC(c2ccccc2C)C1. The average Bonchev–Trinajstić information content (AvgIpc) is 2.41. The average molecular weight is 274 g/mol. The van der Waals surface area contributed by atoms with E-state index in [-0.39, 0.29) is 0 Å². The number of aryl methyl sites for hydroxylation is 1. The Morgan fingerprint density at radius 2 is 1.90 bits per heavy atom. The molecule has 2 nitrogen and oxygen atoms in total. The van der Waals surface area contributed by atoms with Crippen molar-refractivity contribution in [1.29, 1.82) is 0 Å². The van der Waals surface area contributed by atoms with Crippen molar-refractivity contribution in [2.45, 2.75) is 52.0 Å². The van der Waals surface area contributed by atoms with Crippen molar-refractivity contribution in [3.05, 3.63) is 35.4 Å². The molecule has 1 fully saturated rings. The third kappa shape index (κ3) is 4.07. The fraction of sp³-hybridized carbons (Fsp3) is 0.667. The highest BCUT2D eigenvalue weighted by Crippen LogP contribution is 2.38. The van der Waals surface area contributed by atoms with E-state index >= 15 is 0 Å². The molecule has 2 heteroatoms. The highest BCUT2D eigenvalue weighted by molar-refractivity contribution is 5.31. The van der Waals surface area contributed by atoms with E-state index in [2.05, 4.69) is 55.3 Å². The van der Waals surface area contributed by atoms with E-state index < -0.39 is 0 Å². The van der Waals surface area contributed by atoms with E-state index in [0.29, 0.717) is 0 Å². The number of hydrogen-bond acceptors (Lipinski definition) is 2. The molecule has 20 heavy (non-hydrogen) atoms. The molecule has 0 unspecified atom stereocenters. The molecule has 0 radical (unpaired) electrons. The fourth-order valence-electron chi connectivity index (χ4n) is 3.25. The Morgan fingerprint density at radius 3 is 2.55 bits per heavy atom. The highest BCUT2D eigenvalue weighted by atomic mass is 15.1. The molecule has 0 amide bonds. The van der Waals surface area contributed by atoms with Gasteiger partial charge < -0.3 is 10.2 Å². The molecule has 112 valence electrons. The largest absolute Gasteiger partial charge is 0.313 e. The molecule has 0 atom stereocenters. The molecule has 1 aliphatic rings. The van der Waals surface area contributed by atoms with Gasteiger partial charge >= 0.3 is 0 Å². The second kappa shape index (κ2) is 7.80. The normalized spacial score (nSPS) is 22.0. The molecule has 1 aromatic carbocycles. The standard InChI is InChI=1S/C18H30N2/c1-4-11-20(5-2)12-10-19-17-13-16(14-17)18-9-7-6-8-15(18)3/h6-9,16-17,19H,4-5,10-14H2,1-3H3. The van der Waals surface area contributed by atoms with Crippen molar-refractivity contribution < 1.29 is 0 Å². The van der Waals surface area contributed by atoms with Crippen LogP contribution in [0.25, 0.3) is 0 Å². The number of nitrogens with zero attached hydrogens (tertiary/aromatic N) is 1. The van der Waals surface area contributed by atoms with E-state index in [1.54, 1.807) is 5.56 Å². The summed E-state index contributed by atoms with van der Waals surface area (Å²) in [4.78, 5) is 2.53. The fourth-order valence-corrected chi connectivity index (χ4v) is 3.25. The minimum Gasteiger partial charge on any atom is -0.313 e. The van der Waals surface area contributed by atoms with Crippen LogP contribution in [0, 0.1) is 6.92 Å². The van der Waals surface area contributed by atoms with Crippen LogP contribution in [0.15, 0.2) is 24.3 Å². The Kier molecular flexibility index (Phi) is 6.06. The van der Waals surface area contributed by atoms with Crippen LogP contribution in [-0.2, 0) is 0 Å². The Balaban J connectivity index is 1.66. The second-order valence-electron chi connectivity index (χ2n) is 6.11. The first kappa shape index (κ1) is 15.5. The lowest BCUT2D eigenvalue weighted by Crippen LogP contribution is -2.43. The van der Waals surface area contributed by atoms with Crippen molar-refractivity contribution >= 4 is 0 Å². The van der Waals surface area contributed by atoms with Crippen LogP contribution in [0.3, 0.4) is 0 Å². The van der Waals surface area contributed by atoms with E-state index in [1.165, 1.54) is 44.5 Å². The van der Waals surface area contributed by atoms with E-state index in [1.807, 2.05) is 0 Å². The van der Waals surface area contributed by atoms with Crippen LogP contribution < -0.4 is 5.32 Å². The summed E-state index contributed by atoms with van der Waals surface area (Å²) in [7, 11) is 0. The molecule has 0 bridgehead atoms. The summed E-state index contributed by atoms with van der Waals surface area (Å²) >= 11 is 0. The summed E-state index contributed by atoms with van der Waals surface area (Å²) < 4.78 is 0. The Hall–Kier alpha value is -0.860. The lowest BCUT2D eigenvalue weighted by atomic mass is 9.74. The topological polar surface area (TPSA) is 15.3 Å². The summed E-state index contributed by atoms with van der Waals surface area (Å²) in [5.74, 6) is 0.784. The monoisotopic (exact) mass is 274 g/mol. The third-order valence-electron chi connectivity index (χ3n) is 4.61. The molecule has 0 saturated heterocycles. The van der Waals surface area contributed by atoms with Gasteiger partial charge in [-0.25, -0.2) is 0 Å². The van der Waals surface area contributed by atoms with Crippen LogP contribution in [0.4, 0.5) is 0 Å². The third-order valence-corrected chi connectivity index (χ3v) is 4.61. The van der Waals surface area contributed by atoms with Gasteiger partial charge in [-0.15, -0.1) is 0 Å². The minimum atomic E-state index is 0.736. The van der Waals surface area contributed by atoms with E-state index in [4.69, 9.17) is 0 Å². The maximum atomic E-state index is 3.72. The molecule has 1 N–H and O–H groups in total. The molecule has 1 aromatic rings. The Morgan fingerprint density at radius 1 is 1.15 bits per heavy atom. The number of hydrogen-bond donors (Lipinski definition) is 1. The summed E-state index contributed by atoms with van der Waals surface area (Å²) in [5.41, 5.74) is 3.02. The smallest absolute Gasteiger partial charge is 0.0107 e. The maximum absolute atomic E-state index is 3.72. The van der Waals surface area contributed by atoms with Gasteiger partial charge in [0, 0.05) is 19.1 Å². The van der Waals surface area contributed by atoms with Gasteiger partial charge in [0.05, 0.1) is 0 Å². The highest BCUT2D eigenvalue weighted by Gasteiger charge is 2.30. The molecule has 1 saturated carbocycles. The van der Waals surface area contributed by atoms with Gasteiger partial charge in [0.2, 0.25) is 0 Å². The predicted molar refractivity (Wildman–Crippen MR) is 87.3 cm³/mol. The molecule has 0 heterocycles. The zero-order chi connectivity index (χ0) is 14.4. The molecule has 0 aromatic heterocycles. The first-order valence-electron chi connectivity index (χ1n) is 8.25. The quantitative estimate of drug-likeness (QED) is 0.779. The summed E-state index contributed by atoms with van der Waals surface area (Å²) in [5, 5.41) is 3.72. The molecular formula is C18H30N2. The molecule has 0 spiro atoms. The maximum Gasteiger partial charge on any atom is 0.0107 e. The van der Waals surface area contributed by atoms with Crippen LogP contribution in [0.1, 0.15) is 50.2 Å². The van der Waals surface area contributed by atoms with Crippen molar-refractivity contribution in [3.63, 3.8) is 0 Å². The number of likely N-dealkylation sites (N-methyl/N-ethyl adjacent to an activating group) is 1. The molecule has 1 aliphatic carbocycles. The Bertz CT molecular complexity index is 396. The van der Waals surface area contributed by atoms with Crippen LogP contribution >= 0.6 is 0 Å². The van der Waals surface area contributed by atoms with Gasteiger partial charge in [-0.1, -0.05) is 38.1 Å². The van der Waals surface area contributed by atoms with Crippen molar-refractivity contribution in [2.75, 3.05) is 26.2 Å². The Labute approximate surface area is 124 Å². The zero-order valence-corrected chi connectivity index (χ0v) is 13.4. The van der Waals surface area contributed by atoms with Crippen molar-refractivity contribution in [1.82, 2.24) is 10.2 Å². The number of rotatable bonds is 8. The number of nitrogens with one attached hydrogen (secondary N) is 1. The zero-order valence-electron chi connectivity index (χ0n) is 13.4. The van der Waals surface area contributed by atoms with Gasteiger partial charge in [-0.3, -0.25) is 0 Å². The summed E-state index contributed by atoms with van der Waals surface area (Å²) in [6, 6.07) is 9.59. The minimum absolute atomic E-state index is 0.736. The lowest BCUT2D eigenvalue weighted by molar-refractivity contribution is 0.249. The predicted octanol–water partition coefficient (Wildman–Crippen LogP) is 3.56. The van der Waals surface area contributed by atoms with Gasteiger partial charge in [0.1, 0.15) is 0 Å². The summed E-state index contributed by atoms with van der Waals surface area (Å²) in [6.07, 6.45) is 3.88. The summed E-state index contributed by atoms with van der Waals surface area (Å²) in [6.45, 7) is 11.5. The van der Waals surface area contributed by atoms with Crippen LogP contribution in [-0.4, -0.2) is 37.1 Å².